The van der Waals surface area contributed by atoms with Gasteiger partial charge in [0.1, 0.15) is 0 Å². The van der Waals surface area contributed by atoms with Crippen LogP contribution in [0, 0.1) is 0 Å². The number of para-hydroxylation sites is 1. The predicted molar refractivity (Wildman–Crippen MR) is 229 cm³/mol. The van der Waals surface area contributed by atoms with Crippen LogP contribution in [0.15, 0.2) is 188 Å². The smallest absolute Gasteiger partial charge is 0.0972 e. The zero-order valence-electron chi connectivity index (χ0n) is 30.4. The quantitative estimate of drug-likeness (QED) is 0.171. The van der Waals surface area contributed by atoms with E-state index in [4.69, 9.17) is 9.97 Å². The van der Waals surface area contributed by atoms with Crippen LogP contribution in [0.3, 0.4) is 0 Å². The molecule has 3 heteroatoms. The summed E-state index contributed by atoms with van der Waals surface area (Å²) in [6, 6.07) is 66.2. The summed E-state index contributed by atoms with van der Waals surface area (Å²) in [5.74, 6) is 0. The minimum Gasteiger partial charge on any atom is -0.254 e. The molecule has 1 spiro atoms. The largest absolute Gasteiger partial charge is 0.254 e. The number of rotatable bonds is 3. The van der Waals surface area contributed by atoms with Crippen LogP contribution in [0.4, 0.5) is 0 Å². The molecule has 2 aliphatic carbocycles. The van der Waals surface area contributed by atoms with Crippen molar-refractivity contribution >= 4 is 32.7 Å². The first-order chi connectivity index (χ1) is 27.8. The van der Waals surface area contributed by atoms with E-state index in [0.29, 0.717) is 0 Å². The maximum absolute atomic E-state index is 5.43. The Morgan fingerprint density at radius 1 is 0.446 bits per heavy atom. The lowest BCUT2D eigenvalue weighted by Crippen LogP contribution is -2.34. The lowest BCUT2D eigenvalue weighted by Gasteiger charge is -2.41. The molecule has 0 fully saturated rings. The number of aromatic nitrogens is 3. The topological polar surface area (TPSA) is 38.7 Å². The maximum Gasteiger partial charge on any atom is 0.0972 e. The Kier molecular flexibility index (Phi) is 6.61. The number of benzene rings is 7. The summed E-state index contributed by atoms with van der Waals surface area (Å²) in [4.78, 5) is 15.3. The molecule has 10 aromatic rings. The summed E-state index contributed by atoms with van der Waals surface area (Å²) in [6.07, 6.45) is 2.70. The molecule has 0 radical (unpaired) electrons. The molecule has 7 aromatic carbocycles. The third-order valence-electron chi connectivity index (χ3n) is 12.2. The molecule has 3 aromatic heterocycles. The minimum atomic E-state index is -0.538. The van der Waals surface area contributed by atoms with Crippen molar-refractivity contribution in [2.45, 2.75) is 11.8 Å². The Labute approximate surface area is 324 Å². The fraction of sp³-hybridized carbons (Fsp3) is 0.0377. The zero-order chi connectivity index (χ0) is 36.8. The van der Waals surface area contributed by atoms with Gasteiger partial charge in [0.25, 0.3) is 0 Å². The van der Waals surface area contributed by atoms with E-state index in [1.54, 1.807) is 0 Å². The van der Waals surface area contributed by atoms with Gasteiger partial charge in [0, 0.05) is 39.0 Å². The summed E-state index contributed by atoms with van der Waals surface area (Å²) in [5.41, 5.74) is 19.5. The molecule has 0 saturated heterocycles. The molecule has 56 heavy (non-hydrogen) atoms. The van der Waals surface area contributed by atoms with Crippen molar-refractivity contribution in [1.82, 2.24) is 15.0 Å². The van der Waals surface area contributed by atoms with Crippen LogP contribution >= 0.6 is 0 Å². The second kappa shape index (κ2) is 11.9. The van der Waals surface area contributed by atoms with Gasteiger partial charge < -0.3 is 0 Å². The van der Waals surface area contributed by atoms with E-state index in [1.807, 2.05) is 12.3 Å². The maximum atomic E-state index is 5.43. The van der Waals surface area contributed by atoms with Crippen LogP contribution in [-0.2, 0) is 11.8 Å². The fourth-order valence-electron chi connectivity index (χ4n) is 9.87. The molecule has 0 saturated carbocycles. The summed E-state index contributed by atoms with van der Waals surface area (Å²) in [5, 5.41) is 3.39. The van der Waals surface area contributed by atoms with Crippen molar-refractivity contribution in [2.24, 2.45) is 0 Å². The Hall–Kier alpha value is -7.23. The van der Waals surface area contributed by atoms with Crippen LogP contribution in [0.25, 0.3) is 77.5 Å². The number of fused-ring (bicyclic) bond motifs is 14. The van der Waals surface area contributed by atoms with Gasteiger partial charge in [-0.3, -0.25) is 4.98 Å². The van der Waals surface area contributed by atoms with Gasteiger partial charge in [-0.2, -0.15) is 0 Å². The van der Waals surface area contributed by atoms with Gasteiger partial charge in [-0.15, -0.1) is 0 Å². The predicted octanol–water partition coefficient (Wildman–Crippen LogP) is 12.6. The van der Waals surface area contributed by atoms with Gasteiger partial charge in [0.15, 0.2) is 0 Å². The fourth-order valence-corrected chi connectivity index (χ4v) is 9.87. The van der Waals surface area contributed by atoms with Gasteiger partial charge in [0.05, 0.1) is 33.4 Å². The van der Waals surface area contributed by atoms with Gasteiger partial charge in [-0.25, -0.2) is 9.97 Å². The van der Waals surface area contributed by atoms with E-state index in [1.165, 1.54) is 61.0 Å². The number of hydrogen-bond donors (Lipinski definition) is 0. The number of hydrogen-bond acceptors (Lipinski definition) is 3. The Balaban J connectivity index is 1.09. The SMILES string of the molecule is c1ccc(-c2nc3ccccc3c3c2-c2ccccc2C32c3ccccc3Cc3c(-c4ccc(-c5ccc6ccc7cccnc7c6n5)cc4)cccc32)cc1. The summed E-state index contributed by atoms with van der Waals surface area (Å²) in [6.45, 7) is 0. The van der Waals surface area contributed by atoms with Crippen LogP contribution in [0.5, 0.6) is 0 Å². The van der Waals surface area contributed by atoms with E-state index in [9.17, 15) is 0 Å². The van der Waals surface area contributed by atoms with Crippen molar-refractivity contribution in [3.8, 4) is 44.8 Å². The van der Waals surface area contributed by atoms with E-state index >= 15 is 0 Å². The third kappa shape index (κ3) is 4.31. The summed E-state index contributed by atoms with van der Waals surface area (Å²) in [7, 11) is 0. The average molecular weight is 712 g/mol. The van der Waals surface area contributed by atoms with Crippen molar-refractivity contribution in [1.29, 1.82) is 0 Å². The van der Waals surface area contributed by atoms with Crippen LogP contribution in [0.1, 0.15) is 33.4 Å². The molecule has 0 aliphatic heterocycles. The highest BCUT2D eigenvalue weighted by Gasteiger charge is 2.52. The first-order valence-electron chi connectivity index (χ1n) is 19.3. The lowest BCUT2D eigenvalue weighted by atomic mass is 9.60. The van der Waals surface area contributed by atoms with E-state index in [2.05, 4.69) is 181 Å². The monoisotopic (exact) mass is 711 g/mol. The Morgan fingerprint density at radius 2 is 1.14 bits per heavy atom. The molecule has 12 rings (SSSR count). The van der Waals surface area contributed by atoms with Crippen molar-refractivity contribution in [3.63, 3.8) is 0 Å². The molecule has 1 unspecified atom stereocenters. The van der Waals surface area contributed by atoms with Crippen molar-refractivity contribution in [2.75, 3.05) is 0 Å². The van der Waals surface area contributed by atoms with E-state index in [-0.39, 0.29) is 0 Å². The van der Waals surface area contributed by atoms with E-state index < -0.39 is 5.41 Å². The minimum absolute atomic E-state index is 0.538. The zero-order valence-corrected chi connectivity index (χ0v) is 30.4. The van der Waals surface area contributed by atoms with Gasteiger partial charge in [-0.05, 0) is 74.7 Å². The molecular weight excluding hydrogens is 679 g/mol. The highest BCUT2D eigenvalue weighted by Crippen LogP contribution is 2.62. The van der Waals surface area contributed by atoms with Crippen LogP contribution < -0.4 is 0 Å². The van der Waals surface area contributed by atoms with Gasteiger partial charge in [-0.1, -0.05) is 164 Å². The molecule has 260 valence electrons. The van der Waals surface area contributed by atoms with Gasteiger partial charge in [0.2, 0.25) is 0 Å². The summed E-state index contributed by atoms with van der Waals surface area (Å²) >= 11 is 0. The molecule has 0 bridgehead atoms. The average Bonchev–Trinajstić information content (AvgIpc) is 3.58. The third-order valence-corrected chi connectivity index (χ3v) is 12.2. The van der Waals surface area contributed by atoms with Crippen LogP contribution in [-0.4, -0.2) is 15.0 Å². The normalized spacial score (nSPS) is 15.1. The summed E-state index contributed by atoms with van der Waals surface area (Å²) < 4.78 is 0. The molecule has 0 N–H and O–H groups in total. The van der Waals surface area contributed by atoms with Crippen molar-refractivity contribution < 1.29 is 0 Å². The van der Waals surface area contributed by atoms with E-state index in [0.717, 1.165) is 56.3 Å². The lowest BCUT2D eigenvalue weighted by molar-refractivity contribution is 0.728. The number of pyridine rings is 3. The highest BCUT2D eigenvalue weighted by molar-refractivity contribution is 6.05. The second-order valence-electron chi connectivity index (χ2n) is 15.0. The molecule has 3 heterocycles. The molecule has 1 atom stereocenters. The molecule has 3 nitrogen and oxygen atoms in total. The highest BCUT2D eigenvalue weighted by atomic mass is 14.8. The first kappa shape index (κ1) is 31.2. The standard InChI is InChI=1S/C53H33N3/c1-2-12-35(13-3-1)50-48-40-16-5-8-20-44(40)53(49(48)41-17-6-9-22-47(41)56-50)43-19-7-4-14-38(43)32-42-39(18-10-21-45(42)53)33-23-25-34(26-24-33)46-30-29-37-28-27-36-15-11-31-54-51(36)52(37)55-46/h1-31H,32H2. The Bertz CT molecular complexity index is 3220. The second-order valence-corrected chi connectivity index (χ2v) is 15.0. The molecule has 0 amide bonds. The van der Waals surface area contributed by atoms with Crippen molar-refractivity contribution in [3.05, 3.63) is 222 Å². The molecular formula is C53H33N3. The molecule has 2 aliphatic rings. The first-order valence-corrected chi connectivity index (χ1v) is 19.3. The van der Waals surface area contributed by atoms with Crippen LogP contribution in [0.2, 0.25) is 0 Å². The van der Waals surface area contributed by atoms with Gasteiger partial charge >= 0.3 is 0 Å². The number of nitrogens with zero attached hydrogens (tertiary/aromatic N) is 3. The Morgan fingerprint density at radius 3 is 2.04 bits per heavy atom.